The van der Waals surface area contributed by atoms with Gasteiger partial charge in [-0.25, -0.2) is 9.78 Å². The predicted molar refractivity (Wildman–Crippen MR) is 197 cm³/mol. The molecule has 0 aromatic heterocycles. The number of rotatable bonds is 12. The second-order valence-corrected chi connectivity index (χ2v) is 13.6. The number of aromatic nitrogens is 1. The number of benzene rings is 4. The number of hydrogen-bond donors (Lipinski definition) is 0. The van der Waals surface area contributed by atoms with E-state index in [1.807, 2.05) is 70.2 Å². The number of hydrogen-bond acceptors (Lipinski definition) is 9. The Labute approximate surface area is 305 Å². The molecule has 0 saturated carbocycles. The van der Waals surface area contributed by atoms with Crippen LogP contribution >= 0.6 is 0 Å². The van der Waals surface area contributed by atoms with Crippen LogP contribution in [0.25, 0.3) is 33.0 Å². The van der Waals surface area contributed by atoms with Crippen LogP contribution in [-0.2, 0) is 27.5 Å². The van der Waals surface area contributed by atoms with E-state index in [-0.39, 0.29) is 54.0 Å². The normalized spacial score (nSPS) is 18.0. The molecule has 7 rings (SSSR count). The predicted octanol–water partition coefficient (Wildman–Crippen LogP) is 8.19. The standard InChI is InChI=1S/C41H37N5O7/c1-23(2)37-38-25(4)31(39(46(38)40(37)48)41(49)52-21-26-7-10-28(11-8-26)44-45-42)6-5-17-50-34-16-9-27(18-24(34)3)22-51-30-13-15-33-36(20-30)53-35-19-29(47)12-14-32(35)43-33/h5-16,18-20,23,25,37-38H,17,21-22H2,1-4H3/b6-5+/t25-,37+,38+/m0/s1. The van der Waals surface area contributed by atoms with Crippen LogP contribution in [0.15, 0.2) is 117 Å². The number of esters is 1. The highest BCUT2D eigenvalue weighted by Crippen LogP contribution is 2.49. The molecule has 0 radical (unpaired) electrons. The lowest BCUT2D eigenvalue weighted by Crippen LogP contribution is -2.62. The van der Waals surface area contributed by atoms with E-state index < -0.39 is 5.97 Å². The van der Waals surface area contributed by atoms with Gasteiger partial charge in [0.15, 0.2) is 16.8 Å². The molecule has 0 spiro atoms. The zero-order valence-electron chi connectivity index (χ0n) is 29.7. The van der Waals surface area contributed by atoms with E-state index in [1.165, 1.54) is 12.1 Å². The van der Waals surface area contributed by atoms with Gasteiger partial charge in [-0.1, -0.05) is 62.3 Å². The summed E-state index contributed by atoms with van der Waals surface area (Å²) in [5.74, 6) is 0.994. The van der Waals surface area contributed by atoms with Gasteiger partial charge in [-0.3, -0.25) is 9.59 Å². The van der Waals surface area contributed by atoms with Crippen LogP contribution in [-0.4, -0.2) is 34.4 Å². The van der Waals surface area contributed by atoms with Crippen LogP contribution in [0.4, 0.5) is 5.69 Å². The molecule has 3 aromatic carbocycles. The number of carbonyl (C=O) groups is 2. The SMILES string of the molecule is Cc1cc(COc2ccc3nc4ccc(=O)cc-4oc3c2)ccc1OC/C=C/C1=C(C(=O)OCc2ccc(N=[N+]=[N-])cc2)N2C(=O)[C@H](C(C)C)[C@H]2[C@H]1C. The number of nitrogens with zero attached hydrogens (tertiary/aromatic N) is 5. The van der Waals surface area contributed by atoms with Crippen molar-refractivity contribution in [2.24, 2.45) is 22.9 Å². The molecule has 3 aliphatic heterocycles. The number of fused-ring (bicyclic) bond motifs is 3. The molecule has 1 saturated heterocycles. The first kappa shape index (κ1) is 35.0. The zero-order valence-corrected chi connectivity index (χ0v) is 29.7. The van der Waals surface area contributed by atoms with Crippen molar-refractivity contribution in [1.29, 1.82) is 0 Å². The fraction of sp³-hybridized carbons (Fsp3) is 0.268. The van der Waals surface area contributed by atoms with E-state index >= 15 is 0 Å². The van der Waals surface area contributed by atoms with Crippen molar-refractivity contribution in [2.45, 2.75) is 47.0 Å². The molecule has 0 unspecified atom stereocenters. The summed E-state index contributed by atoms with van der Waals surface area (Å²) >= 11 is 0. The lowest BCUT2D eigenvalue weighted by atomic mass is 9.74. The Balaban J connectivity index is 0.999. The van der Waals surface area contributed by atoms with E-state index in [2.05, 4.69) is 15.0 Å². The van der Waals surface area contributed by atoms with Crippen molar-refractivity contribution in [3.05, 3.63) is 140 Å². The minimum atomic E-state index is -0.565. The van der Waals surface area contributed by atoms with Crippen molar-refractivity contribution in [2.75, 3.05) is 6.61 Å². The van der Waals surface area contributed by atoms with Crippen molar-refractivity contribution in [1.82, 2.24) is 9.88 Å². The van der Waals surface area contributed by atoms with E-state index in [4.69, 9.17) is 24.2 Å². The Hall–Kier alpha value is -6.39. The molecular weight excluding hydrogens is 674 g/mol. The van der Waals surface area contributed by atoms with Gasteiger partial charge in [-0.15, -0.1) is 0 Å². The van der Waals surface area contributed by atoms with E-state index in [9.17, 15) is 14.4 Å². The van der Waals surface area contributed by atoms with Gasteiger partial charge in [-0.05, 0) is 83.1 Å². The molecule has 1 fully saturated rings. The van der Waals surface area contributed by atoms with Gasteiger partial charge in [0, 0.05) is 28.6 Å². The summed E-state index contributed by atoms with van der Waals surface area (Å²) in [7, 11) is 0. The summed E-state index contributed by atoms with van der Waals surface area (Å²) in [6.07, 6.45) is 3.72. The molecule has 3 atom stereocenters. The number of carbonyl (C=O) groups excluding carboxylic acids is 2. The summed E-state index contributed by atoms with van der Waals surface area (Å²) in [5.41, 5.74) is 14.4. The molecule has 4 aliphatic rings. The number of β-lactam (4-membered cyclic amide) rings is 1. The lowest BCUT2D eigenvalue weighted by Gasteiger charge is -2.47. The maximum atomic E-state index is 13.5. The quantitative estimate of drug-likeness (QED) is 0.0313. The van der Waals surface area contributed by atoms with Gasteiger partial charge >= 0.3 is 5.97 Å². The Bertz CT molecular complexity index is 2360. The number of azide groups is 1. The third kappa shape index (κ3) is 7.09. The van der Waals surface area contributed by atoms with Crippen molar-refractivity contribution in [3.63, 3.8) is 0 Å². The summed E-state index contributed by atoms with van der Waals surface area (Å²) in [4.78, 5) is 47.4. The van der Waals surface area contributed by atoms with Gasteiger partial charge in [0.25, 0.3) is 0 Å². The van der Waals surface area contributed by atoms with Gasteiger partial charge in [-0.2, -0.15) is 0 Å². The molecule has 1 aliphatic carbocycles. The Morgan fingerprint density at radius 3 is 2.55 bits per heavy atom. The third-order valence-corrected chi connectivity index (χ3v) is 9.68. The summed E-state index contributed by atoms with van der Waals surface area (Å²) in [5, 5.41) is 3.56. The van der Waals surface area contributed by atoms with Gasteiger partial charge in [0.2, 0.25) is 5.91 Å². The largest absolute Gasteiger partial charge is 0.489 e. The second-order valence-electron chi connectivity index (χ2n) is 13.6. The Morgan fingerprint density at radius 1 is 1.00 bits per heavy atom. The first-order chi connectivity index (χ1) is 25.6. The summed E-state index contributed by atoms with van der Waals surface area (Å²) in [6, 6.07) is 22.4. The Morgan fingerprint density at radius 2 is 1.79 bits per heavy atom. The highest BCUT2D eigenvalue weighted by molar-refractivity contribution is 6.01. The molecule has 1 amide bonds. The minimum absolute atomic E-state index is 0.00513. The van der Waals surface area contributed by atoms with Crippen molar-refractivity contribution < 1.29 is 28.2 Å². The fourth-order valence-electron chi connectivity index (χ4n) is 7.04. The van der Waals surface area contributed by atoms with Crippen LogP contribution in [0.3, 0.4) is 0 Å². The smallest absolute Gasteiger partial charge is 0.355 e. The maximum Gasteiger partial charge on any atom is 0.355 e. The number of amides is 1. The lowest BCUT2D eigenvalue weighted by molar-refractivity contribution is -0.161. The molecule has 3 heterocycles. The van der Waals surface area contributed by atoms with E-state index in [0.29, 0.717) is 46.3 Å². The summed E-state index contributed by atoms with van der Waals surface area (Å²) < 4.78 is 23.7. The van der Waals surface area contributed by atoms with Crippen LogP contribution in [0.2, 0.25) is 0 Å². The van der Waals surface area contributed by atoms with E-state index in [1.54, 1.807) is 41.3 Å². The number of ether oxygens (including phenoxy) is 3. The molecule has 268 valence electrons. The van der Waals surface area contributed by atoms with Gasteiger partial charge in [0.1, 0.15) is 48.2 Å². The first-order valence-corrected chi connectivity index (χ1v) is 17.4. The highest BCUT2D eigenvalue weighted by atomic mass is 16.5. The van der Waals surface area contributed by atoms with Crippen LogP contribution in [0, 0.1) is 24.7 Å². The summed E-state index contributed by atoms with van der Waals surface area (Å²) in [6.45, 7) is 8.61. The molecular formula is C41H37N5O7. The maximum absolute atomic E-state index is 13.5. The van der Waals surface area contributed by atoms with E-state index in [0.717, 1.165) is 22.3 Å². The van der Waals surface area contributed by atoms with Crippen LogP contribution < -0.4 is 14.9 Å². The average Bonchev–Trinajstić information content (AvgIpc) is 3.38. The fourth-order valence-corrected chi connectivity index (χ4v) is 7.04. The molecule has 12 heteroatoms. The molecule has 0 bridgehead atoms. The molecule has 0 N–H and O–H groups in total. The monoisotopic (exact) mass is 711 g/mol. The minimum Gasteiger partial charge on any atom is -0.489 e. The molecule has 12 nitrogen and oxygen atoms in total. The average molecular weight is 712 g/mol. The van der Waals surface area contributed by atoms with Crippen molar-refractivity contribution in [3.8, 4) is 23.0 Å². The van der Waals surface area contributed by atoms with Crippen LogP contribution in [0.5, 0.6) is 11.5 Å². The number of allylic oxidation sites excluding steroid dienone is 1. The second kappa shape index (κ2) is 14.7. The Kier molecular flexibility index (Phi) is 9.71. The van der Waals surface area contributed by atoms with Gasteiger partial charge in [0.05, 0.1) is 12.0 Å². The van der Waals surface area contributed by atoms with Crippen molar-refractivity contribution >= 4 is 28.7 Å². The molecule has 3 aromatic rings. The van der Waals surface area contributed by atoms with Gasteiger partial charge < -0.3 is 23.5 Å². The third-order valence-electron chi connectivity index (χ3n) is 9.68. The highest BCUT2D eigenvalue weighted by Gasteiger charge is 2.58. The molecule has 53 heavy (non-hydrogen) atoms. The first-order valence-electron chi connectivity index (χ1n) is 17.4. The van der Waals surface area contributed by atoms with Crippen LogP contribution in [0.1, 0.15) is 37.5 Å². The number of aryl methyl sites for hydroxylation is 1. The topological polar surface area (TPSA) is 157 Å². The zero-order chi connectivity index (χ0) is 37.2.